The molecule has 0 saturated heterocycles. The molecule has 0 aromatic carbocycles. The minimum atomic E-state index is 0.317. The Kier molecular flexibility index (Phi) is 7.62. The third-order valence-electron chi connectivity index (χ3n) is 10.4. The van der Waals surface area contributed by atoms with E-state index in [2.05, 4.69) is 48.5 Å². The van der Waals surface area contributed by atoms with E-state index < -0.39 is 0 Å². The summed E-state index contributed by atoms with van der Waals surface area (Å²) in [5.74, 6) is 5.49. The van der Waals surface area contributed by atoms with E-state index in [0.717, 1.165) is 48.3 Å². The van der Waals surface area contributed by atoms with Gasteiger partial charge in [-0.15, -0.1) is 0 Å². The van der Waals surface area contributed by atoms with Crippen LogP contribution in [0, 0.1) is 46.3 Å². The van der Waals surface area contributed by atoms with Gasteiger partial charge in [-0.2, -0.15) is 0 Å². The van der Waals surface area contributed by atoms with E-state index in [1.807, 2.05) is 6.08 Å². The molecule has 1 heteroatoms. The fourth-order valence-electron chi connectivity index (χ4n) is 8.41. The highest BCUT2D eigenvalue weighted by atomic mass is 16.1. The van der Waals surface area contributed by atoms with Gasteiger partial charge in [0.15, 0.2) is 5.78 Å². The number of fused-ring (bicyclic) bond motifs is 3. The van der Waals surface area contributed by atoms with Crippen molar-refractivity contribution >= 4 is 5.78 Å². The monoisotopic (exact) mass is 414 g/mol. The Balaban J connectivity index is 1.69. The van der Waals surface area contributed by atoms with Crippen LogP contribution in [-0.4, -0.2) is 5.78 Å². The van der Waals surface area contributed by atoms with Gasteiger partial charge < -0.3 is 0 Å². The summed E-state index contributed by atoms with van der Waals surface area (Å²) in [6, 6.07) is 0. The summed E-state index contributed by atoms with van der Waals surface area (Å²) in [6.07, 6.45) is 16.1. The van der Waals surface area contributed by atoms with E-state index in [1.54, 1.807) is 0 Å². The average molecular weight is 415 g/mol. The first-order valence-electron chi connectivity index (χ1n) is 13.4. The van der Waals surface area contributed by atoms with Gasteiger partial charge in [0.05, 0.1) is 0 Å². The van der Waals surface area contributed by atoms with Gasteiger partial charge in [0.1, 0.15) is 0 Å². The molecule has 30 heavy (non-hydrogen) atoms. The molecule has 0 aromatic heterocycles. The third kappa shape index (κ3) is 4.61. The first-order chi connectivity index (χ1) is 14.1. The van der Waals surface area contributed by atoms with E-state index in [1.165, 1.54) is 63.4 Å². The molecule has 0 spiro atoms. The fraction of sp³-hybridized carbons (Fsp3) is 0.897. The summed E-state index contributed by atoms with van der Waals surface area (Å²) in [5, 5.41) is 0. The molecular weight excluding hydrogens is 364 g/mol. The van der Waals surface area contributed by atoms with Crippen molar-refractivity contribution in [3.63, 3.8) is 0 Å². The van der Waals surface area contributed by atoms with Gasteiger partial charge in [-0.1, -0.05) is 73.3 Å². The van der Waals surface area contributed by atoms with Crippen molar-refractivity contribution in [2.24, 2.45) is 46.3 Å². The van der Waals surface area contributed by atoms with Gasteiger partial charge in [-0.25, -0.2) is 0 Å². The lowest BCUT2D eigenvalue weighted by molar-refractivity contribution is -0.117. The summed E-state index contributed by atoms with van der Waals surface area (Å²) >= 11 is 0. The highest BCUT2D eigenvalue weighted by molar-refractivity contribution is 5.91. The lowest BCUT2D eigenvalue weighted by Gasteiger charge is -2.57. The molecule has 0 heterocycles. The molecule has 2 fully saturated rings. The molecule has 1 nitrogen and oxygen atoms in total. The van der Waals surface area contributed by atoms with Gasteiger partial charge in [-0.3, -0.25) is 4.79 Å². The Morgan fingerprint density at radius 1 is 1.00 bits per heavy atom. The smallest absolute Gasteiger partial charge is 0.155 e. The Hall–Kier alpha value is -0.590. The maximum atomic E-state index is 12.0. The van der Waals surface area contributed by atoms with E-state index >= 15 is 0 Å². The van der Waals surface area contributed by atoms with Crippen molar-refractivity contribution in [2.75, 3.05) is 0 Å². The van der Waals surface area contributed by atoms with Crippen molar-refractivity contribution < 1.29 is 4.79 Å². The molecule has 3 aliphatic carbocycles. The first-order valence-corrected chi connectivity index (χ1v) is 13.4. The normalized spacial score (nSPS) is 37.2. The highest BCUT2D eigenvalue weighted by Crippen LogP contribution is 2.61. The molecule has 0 aromatic rings. The molecule has 0 bridgehead atoms. The molecular formula is C29H50O. The van der Waals surface area contributed by atoms with Crippen molar-refractivity contribution in [3.05, 3.63) is 11.6 Å². The number of ketones is 1. The van der Waals surface area contributed by atoms with E-state index in [4.69, 9.17) is 0 Å². The maximum Gasteiger partial charge on any atom is 0.155 e. The molecule has 0 aliphatic heterocycles. The zero-order chi connectivity index (χ0) is 22.1. The van der Waals surface area contributed by atoms with Crippen LogP contribution in [0.5, 0.6) is 0 Å². The van der Waals surface area contributed by atoms with Crippen LogP contribution in [0.4, 0.5) is 0 Å². The predicted molar refractivity (Wildman–Crippen MR) is 129 cm³/mol. The topological polar surface area (TPSA) is 17.1 Å². The van der Waals surface area contributed by atoms with Crippen LogP contribution in [0.25, 0.3) is 0 Å². The van der Waals surface area contributed by atoms with Crippen LogP contribution in [0.2, 0.25) is 0 Å². The molecule has 172 valence electrons. The van der Waals surface area contributed by atoms with Crippen LogP contribution in [0.3, 0.4) is 0 Å². The molecule has 7 atom stereocenters. The molecule has 7 unspecified atom stereocenters. The summed E-state index contributed by atoms with van der Waals surface area (Å²) in [6.45, 7) is 17.4. The Morgan fingerprint density at radius 2 is 1.73 bits per heavy atom. The lowest BCUT2D eigenvalue weighted by Crippen LogP contribution is -2.48. The van der Waals surface area contributed by atoms with Crippen molar-refractivity contribution in [1.29, 1.82) is 0 Å². The third-order valence-corrected chi connectivity index (χ3v) is 10.4. The summed E-state index contributed by atoms with van der Waals surface area (Å²) in [4.78, 5) is 12.0. The standard InChI is InChI=1S/C29H50O/c1-8-22(20(3)4)11-10-21(5)26(9-2)28(6)16-15-27-23(19-28)12-13-24-18-25(30)14-17-29(24,27)7/h18,20-23,26-27H,8-17,19H2,1-7H3. The minimum Gasteiger partial charge on any atom is -0.295 e. The number of hydrogen-bond acceptors (Lipinski definition) is 1. The first kappa shape index (κ1) is 24.1. The lowest BCUT2D eigenvalue weighted by atomic mass is 9.48. The number of carbonyl (C=O) groups excluding carboxylic acids is 1. The van der Waals surface area contributed by atoms with Gasteiger partial charge in [0, 0.05) is 6.42 Å². The van der Waals surface area contributed by atoms with Crippen LogP contribution in [0.1, 0.15) is 119 Å². The van der Waals surface area contributed by atoms with Crippen LogP contribution in [0.15, 0.2) is 11.6 Å². The molecule has 0 radical (unpaired) electrons. The van der Waals surface area contributed by atoms with Gasteiger partial charge in [0.2, 0.25) is 0 Å². The second kappa shape index (κ2) is 9.50. The second-order valence-corrected chi connectivity index (χ2v) is 12.3. The Labute approximate surface area is 187 Å². The number of carbonyl (C=O) groups is 1. The van der Waals surface area contributed by atoms with Crippen molar-refractivity contribution in [3.8, 4) is 0 Å². The van der Waals surface area contributed by atoms with Crippen LogP contribution >= 0.6 is 0 Å². The van der Waals surface area contributed by atoms with E-state index in [9.17, 15) is 4.79 Å². The number of allylic oxidation sites excluding steroid dienone is 2. The van der Waals surface area contributed by atoms with E-state index in [-0.39, 0.29) is 0 Å². The summed E-state index contributed by atoms with van der Waals surface area (Å²) in [7, 11) is 0. The zero-order valence-electron chi connectivity index (χ0n) is 21.2. The van der Waals surface area contributed by atoms with Crippen molar-refractivity contribution in [1.82, 2.24) is 0 Å². The SMILES string of the molecule is CCC(CCC(C)C(CC)C1(C)CCC2C(CCC3=CC(=O)CCC32C)C1)C(C)C. The molecule has 3 aliphatic rings. The highest BCUT2D eigenvalue weighted by Gasteiger charge is 2.52. The fourth-order valence-corrected chi connectivity index (χ4v) is 8.41. The Morgan fingerprint density at radius 3 is 2.37 bits per heavy atom. The van der Waals surface area contributed by atoms with Gasteiger partial charge in [-0.05, 0) is 97.4 Å². The molecule has 2 saturated carbocycles. The van der Waals surface area contributed by atoms with Gasteiger partial charge >= 0.3 is 0 Å². The summed E-state index contributed by atoms with van der Waals surface area (Å²) in [5.41, 5.74) is 2.33. The predicted octanol–water partition coefficient (Wildman–Crippen LogP) is 8.62. The molecule has 3 rings (SSSR count). The van der Waals surface area contributed by atoms with Crippen LogP contribution in [-0.2, 0) is 4.79 Å². The summed E-state index contributed by atoms with van der Waals surface area (Å²) < 4.78 is 0. The largest absolute Gasteiger partial charge is 0.295 e. The average Bonchev–Trinajstić information content (AvgIpc) is 2.69. The van der Waals surface area contributed by atoms with Gasteiger partial charge in [0.25, 0.3) is 0 Å². The quantitative estimate of drug-likeness (QED) is 0.388. The number of hydrogen-bond donors (Lipinski definition) is 0. The maximum absolute atomic E-state index is 12.0. The van der Waals surface area contributed by atoms with Crippen molar-refractivity contribution in [2.45, 2.75) is 119 Å². The minimum absolute atomic E-state index is 0.317. The second-order valence-electron chi connectivity index (χ2n) is 12.3. The molecule has 0 N–H and O–H groups in total. The molecule has 0 amide bonds. The van der Waals surface area contributed by atoms with Crippen LogP contribution < -0.4 is 0 Å². The van der Waals surface area contributed by atoms with E-state index in [0.29, 0.717) is 16.6 Å². The Bertz CT molecular complexity index is 630. The zero-order valence-corrected chi connectivity index (χ0v) is 21.2. The number of rotatable bonds is 8.